The van der Waals surface area contributed by atoms with Crippen molar-refractivity contribution in [1.29, 1.82) is 0 Å². The van der Waals surface area contributed by atoms with Crippen LogP contribution in [-0.2, 0) is 12.2 Å². The number of carbonyl (C=O) groups is 1. The standard InChI is InChI=1S/C15H14ClNO2S/c1-2-12-7-11(15(18)19)8-14(17-12)20-9-10-5-3-4-6-13(10)16/h3-8H,2,9H2,1H3,(H,18,19). The predicted octanol–water partition coefficient (Wildman–Crippen LogP) is 4.29. The minimum absolute atomic E-state index is 0.276. The van der Waals surface area contributed by atoms with E-state index in [0.717, 1.165) is 11.3 Å². The van der Waals surface area contributed by atoms with Gasteiger partial charge >= 0.3 is 5.97 Å². The number of aryl methyl sites for hydroxylation is 1. The third-order valence-corrected chi connectivity index (χ3v) is 4.13. The number of aromatic carboxylic acids is 1. The lowest BCUT2D eigenvalue weighted by Gasteiger charge is -2.06. The zero-order valence-corrected chi connectivity index (χ0v) is 12.5. The summed E-state index contributed by atoms with van der Waals surface area (Å²) in [6.45, 7) is 1.95. The Bertz CT molecular complexity index is 631. The molecule has 3 nitrogen and oxygen atoms in total. The summed E-state index contributed by atoms with van der Waals surface area (Å²) in [7, 11) is 0. The summed E-state index contributed by atoms with van der Waals surface area (Å²) in [5.41, 5.74) is 2.07. The third kappa shape index (κ3) is 3.74. The summed E-state index contributed by atoms with van der Waals surface area (Å²) in [5, 5.41) is 10.5. The number of carboxylic acids is 1. The van der Waals surface area contributed by atoms with Gasteiger partial charge in [-0.25, -0.2) is 9.78 Å². The number of aromatic nitrogens is 1. The molecule has 1 heterocycles. The molecular weight excluding hydrogens is 294 g/mol. The van der Waals surface area contributed by atoms with E-state index in [1.807, 2.05) is 31.2 Å². The molecule has 104 valence electrons. The van der Waals surface area contributed by atoms with Crippen LogP contribution in [0.1, 0.15) is 28.5 Å². The molecule has 1 aromatic carbocycles. The highest BCUT2D eigenvalue weighted by atomic mass is 35.5. The molecule has 0 saturated heterocycles. The van der Waals surface area contributed by atoms with Gasteiger partial charge in [-0.05, 0) is 30.2 Å². The maximum absolute atomic E-state index is 11.1. The van der Waals surface area contributed by atoms with Gasteiger partial charge in [0.1, 0.15) is 0 Å². The van der Waals surface area contributed by atoms with Gasteiger partial charge in [-0.15, -0.1) is 11.8 Å². The molecular formula is C15H14ClNO2S. The molecule has 0 spiro atoms. The Morgan fingerprint density at radius 3 is 2.75 bits per heavy atom. The SMILES string of the molecule is CCc1cc(C(=O)O)cc(SCc2ccccc2Cl)n1. The van der Waals surface area contributed by atoms with Crippen LogP contribution in [0.5, 0.6) is 0 Å². The van der Waals surface area contributed by atoms with E-state index in [1.165, 1.54) is 11.8 Å². The maximum Gasteiger partial charge on any atom is 0.335 e. The topological polar surface area (TPSA) is 50.2 Å². The summed E-state index contributed by atoms with van der Waals surface area (Å²) < 4.78 is 0. The lowest BCUT2D eigenvalue weighted by Crippen LogP contribution is -2.00. The van der Waals surface area contributed by atoms with Crippen LogP contribution >= 0.6 is 23.4 Å². The number of hydrogen-bond acceptors (Lipinski definition) is 3. The van der Waals surface area contributed by atoms with Crippen LogP contribution in [0.2, 0.25) is 5.02 Å². The zero-order chi connectivity index (χ0) is 14.5. The molecule has 1 aromatic heterocycles. The largest absolute Gasteiger partial charge is 0.478 e. The lowest BCUT2D eigenvalue weighted by molar-refractivity contribution is 0.0696. The molecule has 0 radical (unpaired) electrons. The van der Waals surface area contributed by atoms with Crippen molar-refractivity contribution in [2.24, 2.45) is 0 Å². The first-order chi connectivity index (χ1) is 9.60. The number of nitrogens with zero attached hydrogens (tertiary/aromatic N) is 1. The molecule has 0 unspecified atom stereocenters. The van der Waals surface area contributed by atoms with E-state index in [4.69, 9.17) is 16.7 Å². The highest BCUT2D eigenvalue weighted by molar-refractivity contribution is 7.98. The molecule has 0 aliphatic carbocycles. The van der Waals surface area contributed by atoms with E-state index in [9.17, 15) is 4.79 Å². The first-order valence-electron chi connectivity index (χ1n) is 6.20. The number of halogens is 1. The van der Waals surface area contributed by atoms with Gasteiger partial charge in [0.2, 0.25) is 0 Å². The van der Waals surface area contributed by atoms with Gasteiger partial charge in [-0.3, -0.25) is 0 Å². The number of pyridine rings is 1. The Balaban J connectivity index is 2.19. The van der Waals surface area contributed by atoms with Crippen molar-refractivity contribution < 1.29 is 9.90 Å². The molecule has 0 aliphatic rings. The van der Waals surface area contributed by atoms with Gasteiger partial charge in [-0.2, -0.15) is 0 Å². The van der Waals surface area contributed by atoms with Crippen LogP contribution < -0.4 is 0 Å². The summed E-state index contributed by atoms with van der Waals surface area (Å²) in [5.74, 6) is -0.263. The summed E-state index contributed by atoms with van der Waals surface area (Å²) in [4.78, 5) is 15.5. The van der Waals surface area contributed by atoms with Crippen LogP contribution in [-0.4, -0.2) is 16.1 Å². The molecule has 0 atom stereocenters. The highest BCUT2D eigenvalue weighted by Crippen LogP contribution is 2.26. The molecule has 0 bridgehead atoms. The molecule has 0 aliphatic heterocycles. The van der Waals surface area contributed by atoms with E-state index in [2.05, 4.69) is 4.98 Å². The van der Waals surface area contributed by atoms with Crippen molar-refractivity contribution in [3.05, 3.63) is 58.2 Å². The molecule has 1 N–H and O–H groups in total. The summed E-state index contributed by atoms with van der Waals surface area (Å²) in [6.07, 6.45) is 0.709. The fraction of sp³-hybridized carbons (Fsp3) is 0.200. The first-order valence-corrected chi connectivity index (χ1v) is 7.57. The Labute approximate surface area is 127 Å². The normalized spacial score (nSPS) is 10.5. The molecule has 0 fully saturated rings. The maximum atomic E-state index is 11.1. The molecule has 5 heteroatoms. The summed E-state index contributed by atoms with van der Waals surface area (Å²) >= 11 is 7.59. The Hall–Kier alpha value is -1.52. The molecule has 2 aromatic rings. The number of thioether (sulfide) groups is 1. The second-order valence-electron chi connectivity index (χ2n) is 4.22. The van der Waals surface area contributed by atoms with Gasteiger partial charge in [0.25, 0.3) is 0 Å². The number of rotatable bonds is 5. The van der Waals surface area contributed by atoms with Crippen LogP contribution in [0, 0.1) is 0 Å². The lowest BCUT2D eigenvalue weighted by atomic mass is 10.2. The average molecular weight is 308 g/mol. The van der Waals surface area contributed by atoms with Crippen molar-refractivity contribution in [1.82, 2.24) is 4.98 Å². The van der Waals surface area contributed by atoms with E-state index >= 15 is 0 Å². The fourth-order valence-corrected chi connectivity index (χ4v) is 2.93. The van der Waals surface area contributed by atoms with Gasteiger partial charge in [0, 0.05) is 16.5 Å². The van der Waals surface area contributed by atoms with Crippen molar-refractivity contribution in [2.45, 2.75) is 24.1 Å². The van der Waals surface area contributed by atoms with Gasteiger partial charge in [0.05, 0.1) is 10.6 Å². The van der Waals surface area contributed by atoms with Crippen molar-refractivity contribution in [3.8, 4) is 0 Å². The van der Waals surface area contributed by atoms with E-state index in [-0.39, 0.29) is 5.56 Å². The number of hydrogen-bond donors (Lipinski definition) is 1. The van der Waals surface area contributed by atoms with E-state index < -0.39 is 5.97 Å². The minimum Gasteiger partial charge on any atom is -0.478 e. The Kier molecular flexibility index (Phi) is 5.04. The first kappa shape index (κ1) is 14.9. The van der Waals surface area contributed by atoms with Crippen molar-refractivity contribution in [3.63, 3.8) is 0 Å². The molecule has 2 rings (SSSR count). The van der Waals surface area contributed by atoms with Crippen LogP contribution in [0.25, 0.3) is 0 Å². The third-order valence-electron chi connectivity index (χ3n) is 2.80. The molecule has 0 amide bonds. The Morgan fingerprint density at radius 2 is 2.10 bits per heavy atom. The van der Waals surface area contributed by atoms with Gasteiger partial charge in [0.15, 0.2) is 0 Å². The monoisotopic (exact) mass is 307 g/mol. The highest BCUT2D eigenvalue weighted by Gasteiger charge is 2.09. The Morgan fingerprint density at radius 1 is 1.35 bits per heavy atom. The fourth-order valence-electron chi connectivity index (χ4n) is 1.71. The van der Waals surface area contributed by atoms with Gasteiger partial charge < -0.3 is 5.11 Å². The number of benzene rings is 1. The van der Waals surface area contributed by atoms with Gasteiger partial charge in [-0.1, -0.05) is 36.7 Å². The van der Waals surface area contributed by atoms with Crippen molar-refractivity contribution >= 4 is 29.3 Å². The second kappa shape index (κ2) is 6.77. The van der Waals surface area contributed by atoms with Crippen LogP contribution in [0.4, 0.5) is 0 Å². The molecule has 20 heavy (non-hydrogen) atoms. The van der Waals surface area contributed by atoms with Crippen molar-refractivity contribution in [2.75, 3.05) is 0 Å². The van der Waals surface area contributed by atoms with Crippen LogP contribution in [0.15, 0.2) is 41.4 Å². The number of carboxylic acid groups (broad SMARTS) is 1. The zero-order valence-electron chi connectivity index (χ0n) is 11.0. The quantitative estimate of drug-likeness (QED) is 0.837. The second-order valence-corrected chi connectivity index (χ2v) is 5.63. The smallest absolute Gasteiger partial charge is 0.335 e. The van der Waals surface area contributed by atoms with E-state index in [0.29, 0.717) is 22.2 Å². The van der Waals surface area contributed by atoms with E-state index in [1.54, 1.807) is 12.1 Å². The predicted molar refractivity (Wildman–Crippen MR) is 81.6 cm³/mol. The van der Waals surface area contributed by atoms with Crippen LogP contribution in [0.3, 0.4) is 0 Å². The molecule has 0 saturated carbocycles. The summed E-state index contributed by atoms with van der Waals surface area (Å²) in [6, 6.07) is 10.8. The average Bonchev–Trinajstić information content (AvgIpc) is 2.46. The minimum atomic E-state index is -0.929.